The van der Waals surface area contributed by atoms with E-state index >= 15 is 0 Å². The third kappa shape index (κ3) is 7.43. The van der Waals surface area contributed by atoms with Gasteiger partial charge in [0.25, 0.3) is 0 Å². The maximum atomic E-state index is 13.6. The molecule has 1 heterocycles. The van der Waals surface area contributed by atoms with Crippen molar-refractivity contribution in [2.45, 2.75) is 95.7 Å². The first kappa shape index (κ1) is 27.3. The van der Waals surface area contributed by atoms with Crippen molar-refractivity contribution in [2.75, 3.05) is 0 Å². The third-order valence-corrected chi connectivity index (χ3v) is 9.10. The molecule has 0 radical (unpaired) electrons. The number of amides is 1. The summed E-state index contributed by atoms with van der Waals surface area (Å²) in [5.74, 6) is 2.11. The van der Waals surface area contributed by atoms with Crippen molar-refractivity contribution in [2.24, 2.45) is 28.3 Å². The highest BCUT2D eigenvalue weighted by atomic mass is 16.2. The summed E-state index contributed by atoms with van der Waals surface area (Å²) in [7, 11) is 0. The number of hydrogen-bond donors (Lipinski definition) is 3. The number of nitrogens with zero attached hydrogens (tertiary/aromatic N) is 2. The zero-order valence-corrected chi connectivity index (χ0v) is 23.2. The van der Waals surface area contributed by atoms with Crippen LogP contribution in [-0.4, -0.2) is 33.8 Å². The van der Waals surface area contributed by atoms with Crippen molar-refractivity contribution >= 4 is 22.8 Å². The van der Waals surface area contributed by atoms with E-state index in [2.05, 4.69) is 69.6 Å². The van der Waals surface area contributed by atoms with Crippen LogP contribution in [0.1, 0.15) is 81.8 Å². The molecule has 0 bridgehead atoms. The van der Waals surface area contributed by atoms with Crippen molar-refractivity contribution < 1.29 is 4.79 Å². The van der Waals surface area contributed by atoms with Gasteiger partial charge in [0.15, 0.2) is 5.96 Å². The number of aliphatic imine (C=N–C) groups is 1. The first-order chi connectivity index (χ1) is 19.0. The average molecular weight is 528 g/mol. The van der Waals surface area contributed by atoms with E-state index in [0.717, 1.165) is 56.9 Å². The van der Waals surface area contributed by atoms with Crippen LogP contribution in [0.2, 0.25) is 0 Å². The van der Waals surface area contributed by atoms with E-state index in [9.17, 15) is 4.79 Å². The lowest BCUT2D eigenvalue weighted by molar-refractivity contribution is -0.135. The molecule has 2 aliphatic rings. The quantitative estimate of drug-likeness (QED) is 0.213. The molecule has 2 fully saturated rings. The number of aromatic nitrogens is 1. The minimum absolute atomic E-state index is 0.226. The van der Waals surface area contributed by atoms with Gasteiger partial charge in [-0.05, 0) is 99.7 Å². The molecular weight excluding hydrogens is 482 g/mol. The monoisotopic (exact) mass is 527 g/mol. The van der Waals surface area contributed by atoms with Crippen LogP contribution in [0.5, 0.6) is 0 Å². The number of H-pyrrole nitrogens is 1. The number of hydrogen-bond acceptors (Lipinski definition) is 2. The molecule has 5 rings (SSSR count). The van der Waals surface area contributed by atoms with E-state index in [1.54, 1.807) is 0 Å². The fourth-order valence-corrected chi connectivity index (χ4v) is 7.00. The lowest BCUT2D eigenvalue weighted by Gasteiger charge is -2.38. The minimum atomic E-state index is 0.226. The number of nitrogens with one attached hydrogen (secondary N) is 1. The Morgan fingerprint density at radius 2 is 1.54 bits per heavy atom. The topological polar surface area (TPSA) is 100 Å². The zero-order chi connectivity index (χ0) is 27.0. The first-order valence-corrected chi connectivity index (χ1v) is 15.0. The van der Waals surface area contributed by atoms with E-state index < -0.39 is 0 Å². The van der Waals surface area contributed by atoms with Crippen molar-refractivity contribution in [1.29, 1.82) is 0 Å². The number of rotatable bonds is 10. The predicted molar refractivity (Wildman–Crippen MR) is 160 cm³/mol. The van der Waals surface area contributed by atoms with Gasteiger partial charge in [0.05, 0.1) is 6.04 Å². The Morgan fingerprint density at radius 3 is 2.26 bits per heavy atom. The molecule has 6 nitrogen and oxygen atoms in total. The van der Waals surface area contributed by atoms with Crippen LogP contribution >= 0.6 is 0 Å². The number of guanidine groups is 1. The van der Waals surface area contributed by atoms with Gasteiger partial charge in [-0.2, -0.15) is 0 Å². The molecule has 5 N–H and O–H groups in total. The highest BCUT2D eigenvalue weighted by Crippen LogP contribution is 2.37. The SMILES string of the molecule is NC(N)=NC1CCC(CC2CCC(N(Cc3ccccc3)C(=O)CCCc3c[nH]c4ccccc34)CC2)CC1. The summed E-state index contributed by atoms with van der Waals surface area (Å²) in [4.78, 5) is 23.6. The second-order valence-electron chi connectivity index (χ2n) is 11.9. The van der Waals surface area contributed by atoms with Crippen molar-refractivity contribution in [3.63, 3.8) is 0 Å². The molecule has 2 saturated carbocycles. The summed E-state index contributed by atoms with van der Waals surface area (Å²) in [6, 6.07) is 19.6. The van der Waals surface area contributed by atoms with Crippen molar-refractivity contribution in [1.82, 2.24) is 9.88 Å². The van der Waals surface area contributed by atoms with Gasteiger partial charge in [-0.1, -0.05) is 48.5 Å². The molecule has 0 unspecified atom stereocenters. The molecule has 0 spiro atoms. The van der Waals surface area contributed by atoms with E-state index in [-0.39, 0.29) is 5.96 Å². The molecule has 39 heavy (non-hydrogen) atoms. The standard InChI is InChI=1S/C33H45N5O/c34-33(35)37-28-17-13-24(14-18-28)21-25-15-19-29(20-16-25)38(23-26-7-2-1-3-8-26)32(39)12-6-9-27-22-36-31-11-5-4-10-30(27)31/h1-5,7-8,10-11,22,24-25,28-29,36H,6,9,12-21,23H2,(H4,34,35,37). The number of fused-ring (bicyclic) bond motifs is 1. The van der Waals surface area contributed by atoms with Crippen LogP contribution in [0.25, 0.3) is 10.9 Å². The Kier molecular flexibility index (Phi) is 9.23. The largest absolute Gasteiger partial charge is 0.370 e. The number of carbonyl (C=O) groups is 1. The summed E-state index contributed by atoms with van der Waals surface area (Å²) in [6.07, 6.45) is 15.2. The minimum Gasteiger partial charge on any atom is -0.370 e. The molecule has 1 aromatic heterocycles. The Hall–Kier alpha value is -3.28. The molecular formula is C33H45N5O. The molecule has 2 aliphatic carbocycles. The lowest BCUT2D eigenvalue weighted by atomic mass is 9.75. The Labute approximate surface area is 233 Å². The maximum absolute atomic E-state index is 13.6. The maximum Gasteiger partial charge on any atom is 0.223 e. The van der Waals surface area contributed by atoms with Crippen LogP contribution in [-0.2, 0) is 17.8 Å². The molecule has 0 saturated heterocycles. The van der Waals surface area contributed by atoms with Gasteiger partial charge in [0.2, 0.25) is 5.91 Å². The van der Waals surface area contributed by atoms with Gasteiger partial charge in [-0.3, -0.25) is 9.79 Å². The predicted octanol–water partition coefficient (Wildman–Crippen LogP) is 6.30. The summed E-state index contributed by atoms with van der Waals surface area (Å²) < 4.78 is 0. The second kappa shape index (κ2) is 13.2. The number of carbonyl (C=O) groups excluding carboxylic acids is 1. The molecule has 1 amide bonds. The second-order valence-corrected chi connectivity index (χ2v) is 11.9. The summed E-state index contributed by atoms with van der Waals surface area (Å²) in [5, 5.41) is 1.27. The van der Waals surface area contributed by atoms with E-state index in [4.69, 9.17) is 11.5 Å². The normalized spacial score (nSPS) is 23.4. The van der Waals surface area contributed by atoms with Crippen LogP contribution < -0.4 is 11.5 Å². The highest BCUT2D eigenvalue weighted by molar-refractivity contribution is 5.83. The fraction of sp³-hybridized carbons (Fsp3) is 0.515. The molecule has 208 valence electrons. The average Bonchev–Trinajstić information content (AvgIpc) is 3.37. The first-order valence-electron chi connectivity index (χ1n) is 15.0. The van der Waals surface area contributed by atoms with Crippen LogP contribution in [0.3, 0.4) is 0 Å². The Bertz CT molecular complexity index is 1220. The van der Waals surface area contributed by atoms with E-state index in [1.807, 2.05) is 6.07 Å². The van der Waals surface area contributed by atoms with Gasteiger partial charge in [0, 0.05) is 36.1 Å². The number of para-hydroxylation sites is 1. The molecule has 0 atom stereocenters. The summed E-state index contributed by atoms with van der Waals surface area (Å²) >= 11 is 0. The van der Waals surface area contributed by atoms with Crippen molar-refractivity contribution in [3.05, 3.63) is 71.9 Å². The van der Waals surface area contributed by atoms with Crippen LogP contribution in [0.4, 0.5) is 0 Å². The zero-order valence-electron chi connectivity index (χ0n) is 23.2. The Balaban J connectivity index is 1.14. The van der Waals surface area contributed by atoms with Crippen LogP contribution in [0.15, 0.2) is 65.8 Å². The Morgan fingerprint density at radius 1 is 0.872 bits per heavy atom. The van der Waals surface area contributed by atoms with E-state index in [0.29, 0.717) is 24.4 Å². The fourth-order valence-electron chi connectivity index (χ4n) is 7.00. The van der Waals surface area contributed by atoms with Gasteiger partial charge in [-0.15, -0.1) is 0 Å². The summed E-state index contributed by atoms with van der Waals surface area (Å²) in [6.45, 7) is 0.719. The van der Waals surface area contributed by atoms with Gasteiger partial charge >= 0.3 is 0 Å². The van der Waals surface area contributed by atoms with Gasteiger partial charge < -0.3 is 21.4 Å². The van der Waals surface area contributed by atoms with Gasteiger partial charge in [-0.25, -0.2) is 0 Å². The van der Waals surface area contributed by atoms with Crippen LogP contribution in [0, 0.1) is 11.8 Å². The number of benzene rings is 2. The van der Waals surface area contributed by atoms with Crippen molar-refractivity contribution in [3.8, 4) is 0 Å². The third-order valence-electron chi connectivity index (χ3n) is 9.10. The lowest BCUT2D eigenvalue weighted by Crippen LogP contribution is -2.42. The number of nitrogens with two attached hydrogens (primary N) is 2. The highest BCUT2D eigenvalue weighted by Gasteiger charge is 2.31. The summed E-state index contributed by atoms with van der Waals surface area (Å²) in [5.41, 5.74) is 14.9. The van der Waals surface area contributed by atoms with E-state index in [1.165, 1.54) is 54.1 Å². The molecule has 2 aromatic carbocycles. The molecule has 3 aromatic rings. The molecule has 0 aliphatic heterocycles. The number of aromatic amines is 1. The molecule has 6 heteroatoms. The smallest absolute Gasteiger partial charge is 0.223 e. The number of aryl methyl sites for hydroxylation is 1. The van der Waals surface area contributed by atoms with Gasteiger partial charge in [0.1, 0.15) is 0 Å².